The van der Waals surface area contributed by atoms with E-state index in [1.807, 2.05) is 20.8 Å². The molecule has 1 aromatic rings. The fourth-order valence-electron chi connectivity index (χ4n) is 1.96. The van der Waals surface area contributed by atoms with Crippen molar-refractivity contribution in [3.8, 4) is 6.07 Å². The van der Waals surface area contributed by atoms with Crippen LogP contribution in [0.4, 0.5) is 5.82 Å². The molecule has 1 aliphatic rings. The van der Waals surface area contributed by atoms with Crippen LogP contribution in [0.1, 0.15) is 23.7 Å². The summed E-state index contributed by atoms with van der Waals surface area (Å²) in [7, 11) is 0. The number of aromatic nitrogens is 2. The number of rotatable bonds is 1. The Hall–Kier alpha value is -1.67. The lowest BCUT2D eigenvalue weighted by molar-refractivity contribution is 0.0528. The minimum atomic E-state index is 0.165. The first-order chi connectivity index (χ1) is 8.13. The zero-order valence-corrected chi connectivity index (χ0v) is 10.4. The lowest BCUT2D eigenvalue weighted by atomic mass is 10.1. The van der Waals surface area contributed by atoms with Gasteiger partial charge >= 0.3 is 0 Å². The summed E-state index contributed by atoms with van der Waals surface area (Å²) in [5, 5.41) is 17.5. The van der Waals surface area contributed by atoms with Gasteiger partial charge in [0.05, 0.1) is 18.4 Å². The van der Waals surface area contributed by atoms with E-state index in [-0.39, 0.29) is 6.10 Å². The monoisotopic (exact) mass is 232 g/mol. The highest BCUT2D eigenvalue weighted by molar-refractivity contribution is 5.57. The lowest BCUT2D eigenvalue weighted by Crippen LogP contribution is -2.42. The molecular weight excluding hydrogens is 216 g/mol. The van der Waals surface area contributed by atoms with Gasteiger partial charge in [0.15, 0.2) is 5.82 Å². The van der Waals surface area contributed by atoms with Gasteiger partial charge in [0, 0.05) is 13.1 Å². The van der Waals surface area contributed by atoms with Gasteiger partial charge in [0.25, 0.3) is 0 Å². The van der Waals surface area contributed by atoms with Gasteiger partial charge < -0.3 is 9.64 Å². The number of hydrogen-bond donors (Lipinski definition) is 0. The maximum atomic E-state index is 9.24. The molecule has 1 atom stereocenters. The van der Waals surface area contributed by atoms with E-state index >= 15 is 0 Å². The number of morpholine rings is 1. The minimum Gasteiger partial charge on any atom is -0.375 e. The molecule has 1 aromatic heterocycles. The standard InChI is InChI=1S/C12H16N4O/c1-8-7-16(4-5-17-8)12-11(6-13)9(2)10(3)14-15-12/h8H,4-5,7H2,1-3H3. The molecule has 0 spiro atoms. The van der Waals surface area contributed by atoms with Crippen molar-refractivity contribution in [2.24, 2.45) is 0 Å². The van der Waals surface area contributed by atoms with Crippen LogP contribution < -0.4 is 4.90 Å². The summed E-state index contributed by atoms with van der Waals surface area (Å²) >= 11 is 0. The van der Waals surface area contributed by atoms with E-state index in [1.54, 1.807) is 0 Å². The molecule has 0 radical (unpaired) electrons. The van der Waals surface area contributed by atoms with E-state index in [2.05, 4.69) is 21.2 Å². The third-order valence-corrected chi connectivity index (χ3v) is 3.09. The van der Waals surface area contributed by atoms with Crippen LogP contribution >= 0.6 is 0 Å². The number of ether oxygens (including phenoxy) is 1. The van der Waals surface area contributed by atoms with Gasteiger partial charge in [-0.05, 0) is 26.3 Å². The van der Waals surface area contributed by atoms with Crippen molar-refractivity contribution in [1.29, 1.82) is 5.26 Å². The Morgan fingerprint density at radius 1 is 1.41 bits per heavy atom. The average molecular weight is 232 g/mol. The van der Waals surface area contributed by atoms with E-state index in [4.69, 9.17) is 4.74 Å². The van der Waals surface area contributed by atoms with Crippen molar-refractivity contribution < 1.29 is 4.74 Å². The van der Waals surface area contributed by atoms with Crippen molar-refractivity contribution in [1.82, 2.24) is 10.2 Å². The highest BCUT2D eigenvalue weighted by Crippen LogP contribution is 2.22. The second kappa shape index (κ2) is 4.68. The normalized spacial score (nSPS) is 20.1. The molecule has 0 aromatic carbocycles. The Bertz CT molecular complexity index is 466. The molecule has 0 aliphatic carbocycles. The zero-order chi connectivity index (χ0) is 12.4. The third kappa shape index (κ3) is 2.22. The number of hydrogen-bond acceptors (Lipinski definition) is 5. The van der Waals surface area contributed by atoms with Crippen LogP contribution in [0.3, 0.4) is 0 Å². The quantitative estimate of drug-likeness (QED) is 0.727. The first-order valence-corrected chi connectivity index (χ1v) is 5.74. The molecular formula is C12H16N4O. The highest BCUT2D eigenvalue weighted by Gasteiger charge is 2.22. The van der Waals surface area contributed by atoms with E-state index < -0.39 is 0 Å². The molecule has 2 heterocycles. The third-order valence-electron chi connectivity index (χ3n) is 3.09. The van der Waals surface area contributed by atoms with Crippen LogP contribution in [-0.2, 0) is 4.74 Å². The molecule has 17 heavy (non-hydrogen) atoms. The van der Waals surface area contributed by atoms with Gasteiger partial charge in [-0.15, -0.1) is 5.10 Å². The highest BCUT2D eigenvalue weighted by atomic mass is 16.5. The Morgan fingerprint density at radius 3 is 2.82 bits per heavy atom. The molecule has 0 N–H and O–H groups in total. The molecule has 1 fully saturated rings. The summed E-state index contributed by atoms with van der Waals surface area (Å²) in [6, 6.07) is 2.23. The lowest BCUT2D eigenvalue weighted by Gasteiger charge is -2.32. The Kier molecular flexibility index (Phi) is 3.25. The molecule has 2 rings (SSSR count). The van der Waals surface area contributed by atoms with E-state index in [0.29, 0.717) is 18.0 Å². The summed E-state index contributed by atoms with van der Waals surface area (Å²) < 4.78 is 5.48. The number of aryl methyl sites for hydroxylation is 1. The van der Waals surface area contributed by atoms with E-state index in [9.17, 15) is 5.26 Å². The smallest absolute Gasteiger partial charge is 0.169 e. The Morgan fingerprint density at radius 2 is 2.18 bits per heavy atom. The average Bonchev–Trinajstić information content (AvgIpc) is 2.32. The topological polar surface area (TPSA) is 62.0 Å². The van der Waals surface area contributed by atoms with Gasteiger partial charge in [-0.25, -0.2) is 0 Å². The summed E-state index contributed by atoms with van der Waals surface area (Å²) in [6.45, 7) is 7.99. The molecule has 5 nitrogen and oxygen atoms in total. The van der Waals surface area contributed by atoms with Crippen molar-refractivity contribution in [3.05, 3.63) is 16.8 Å². The molecule has 0 saturated carbocycles. The number of nitrogens with zero attached hydrogens (tertiary/aromatic N) is 4. The van der Waals surface area contributed by atoms with Crippen LogP contribution in [0.2, 0.25) is 0 Å². The summed E-state index contributed by atoms with van der Waals surface area (Å²) in [4.78, 5) is 2.08. The maximum absolute atomic E-state index is 9.24. The van der Waals surface area contributed by atoms with Crippen LogP contribution in [0, 0.1) is 25.2 Å². The van der Waals surface area contributed by atoms with Crippen molar-refractivity contribution in [2.45, 2.75) is 26.9 Å². The molecule has 5 heteroatoms. The second-order valence-corrected chi connectivity index (χ2v) is 4.35. The van der Waals surface area contributed by atoms with Crippen LogP contribution in [0.25, 0.3) is 0 Å². The number of nitriles is 1. The Balaban J connectivity index is 2.38. The summed E-state index contributed by atoms with van der Waals surface area (Å²) in [5.41, 5.74) is 2.36. The van der Waals surface area contributed by atoms with Crippen LogP contribution in [0.15, 0.2) is 0 Å². The molecule has 0 bridgehead atoms. The molecule has 1 unspecified atom stereocenters. The van der Waals surface area contributed by atoms with Crippen LogP contribution in [0.5, 0.6) is 0 Å². The first kappa shape index (κ1) is 11.8. The Labute approximate surface area is 101 Å². The van der Waals surface area contributed by atoms with Gasteiger partial charge in [-0.3, -0.25) is 0 Å². The van der Waals surface area contributed by atoms with E-state index in [0.717, 1.165) is 24.3 Å². The fraction of sp³-hybridized carbons (Fsp3) is 0.583. The summed E-state index contributed by atoms with van der Waals surface area (Å²) in [6.07, 6.45) is 0.165. The maximum Gasteiger partial charge on any atom is 0.169 e. The summed E-state index contributed by atoms with van der Waals surface area (Å²) in [5.74, 6) is 0.686. The van der Waals surface area contributed by atoms with Gasteiger partial charge in [-0.2, -0.15) is 10.4 Å². The second-order valence-electron chi connectivity index (χ2n) is 4.35. The predicted molar refractivity (Wildman–Crippen MR) is 63.8 cm³/mol. The van der Waals surface area contributed by atoms with Gasteiger partial charge in [-0.1, -0.05) is 0 Å². The van der Waals surface area contributed by atoms with Crippen molar-refractivity contribution >= 4 is 5.82 Å². The molecule has 1 saturated heterocycles. The minimum absolute atomic E-state index is 0.165. The SMILES string of the molecule is Cc1nnc(N2CCOC(C)C2)c(C#N)c1C. The van der Waals surface area contributed by atoms with Crippen LogP contribution in [-0.4, -0.2) is 36.0 Å². The van der Waals surface area contributed by atoms with Crippen molar-refractivity contribution in [3.63, 3.8) is 0 Å². The van der Waals surface area contributed by atoms with Gasteiger partial charge in [0.2, 0.25) is 0 Å². The van der Waals surface area contributed by atoms with Crippen molar-refractivity contribution in [2.75, 3.05) is 24.6 Å². The molecule has 0 amide bonds. The molecule has 90 valence electrons. The largest absolute Gasteiger partial charge is 0.375 e. The number of anilines is 1. The first-order valence-electron chi connectivity index (χ1n) is 5.74. The van der Waals surface area contributed by atoms with Gasteiger partial charge in [0.1, 0.15) is 11.6 Å². The molecule has 1 aliphatic heterocycles. The predicted octanol–water partition coefficient (Wildman–Crippen LogP) is 1.19. The fourth-order valence-corrected chi connectivity index (χ4v) is 1.96. The van der Waals surface area contributed by atoms with E-state index in [1.165, 1.54) is 0 Å². The zero-order valence-electron chi connectivity index (χ0n) is 10.4.